The average Bonchev–Trinajstić information content (AvgIpc) is 2.63. The molecular formula is C17H12F4N2O5. The van der Waals surface area contributed by atoms with Crippen LogP contribution in [0.1, 0.15) is 15.9 Å². The fraction of sp³-hybridized carbons (Fsp3) is 0.176. The van der Waals surface area contributed by atoms with E-state index in [1.807, 2.05) is 0 Å². The second-order valence-corrected chi connectivity index (χ2v) is 5.43. The third kappa shape index (κ3) is 5.50. The molecule has 0 aliphatic heterocycles. The zero-order chi connectivity index (χ0) is 20.9. The molecule has 0 bridgehead atoms. The number of ketones is 1. The molecule has 0 saturated carbocycles. The van der Waals surface area contributed by atoms with Gasteiger partial charge in [0, 0.05) is 11.6 Å². The molecule has 7 nitrogen and oxygen atoms in total. The summed E-state index contributed by atoms with van der Waals surface area (Å²) in [4.78, 5) is 33.4. The number of carbonyl (C=O) groups excluding carboxylic acids is 2. The van der Waals surface area contributed by atoms with E-state index >= 15 is 0 Å². The minimum atomic E-state index is -4.76. The van der Waals surface area contributed by atoms with Crippen molar-refractivity contribution in [2.45, 2.75) is 6.18 Å². The first kappa shape index (κ1) is 20.8. The van der Waals surface area contributed by atoms with Crippen LogP contribution in [-0.4, -0.2) is 29.8 Å². The summed E-state index contributed by atoms with van der Waals surface area (Å²) in [5.41, 5.74) is -2.43. The van der Waals surface area contributed by atoms with Crippen molar-refractivity contribution in [3.63, 3.8) is 0 Å². The Labute approximate surface area is 155 Å². The zero-order valence-corrected chi connectivity index (χ0v) is 14.0. The average molecular weight is 400 g/mol. The van der Waals surface area contributed by atoms with E-state index in [0.717, 1.165) is 18.2 Å². The topological polar surface area (TPSA) is 98.5 Å². The number of benzene rings is 2. The number of nitrogens with one attached hydrogen (secondary N) is 1. The Balaban J connectivity index is 1.97. The summed E-state index contributed by atoms with van der Waals surface area (Å²) in [5, 5.41) is 13.2. The fourth-order valence-corrected chi connectivity index (χ4v) is 2.12. The molecule has 1 N–H and O–H groups in total. The van der Waals surface area contributed by atoms with Crippen molar-refractivity contribution in [3.8, 4) is 0 Å². The van der Waals surface area contributed by atoms with Crippen molar-refractivity contribution in [1.82, 2.24) is 0 Å². The van der Waals surface area contributed by atoms with Crippen molar-refractivity contribution in [3.05, 3.63) is 69.5 Å². The Kier molecular flexibility index (Phi) is 6.29. The molecule has 0 atom stereocenters. The van der Waals surface area contributed by atoms with Gasteiger partial charge in [0.05, 0.1) is 10.5 Å². The summed E-state index contributed by atoms with van der Waals surface area (Å²) < 4.78 is 55.7. The molecule has 0 spiro atoms. The first-order chi connectivity index (χ1) is 13.1. The highest BCUT2D eigenvalue weighted by molar-refractivity contribution is 5.98. The van der Waals surface area contributed by atoms with Crippen LogP contribution in [0.3, 0.4) is 0 Å². The number of rotatable bonds is 7. The van der Waals surface area contributed by atoms with Crippen LogP contribution in [0, 0.1) is 15.9 Å². The van der Waals surface area contributed by atoms with Gasteiger partial charge in [-0.25, -0.2) is 4.39 Å². The standard InChI is InChI=1S/C17H12F4N2O5/c18-12-3-1-2-10(6-12)15(24)9-28-16(25)8-22-13-5-4-11(17(19,20)21)7-14(13)23(26)27/h1-7,22H,8-9H2. The van der Waals surface area contributed by atoms with Crippen molar-refractivity contribution >= 4 is 23.1 Å². The number of nitro groups is 1. The van der Waals surface area contributed by atoms with E-state index in [1.54, 1.807) is 0 Å². The lowest BCUT2D eigenvalue weighted by atomic mass is 10.1. The lowest BCUT2D eigenvalue weighted by Gasteiger charge is -2.10. The van der Waals surface area contributed by atoms with Gasteiger partial charge in [0.15, 0.2) is 12.4 Å². The number of ether oxygens (including phenoxy) is 1. The summed E-state index contributed by atoms with van der Waals surface area (Å²) in [6, 6.07) is 6.48. The van der Waals surface area contributed by atoms with Crippen LogP contribution >= 0.6 is 0 Å². The molecule has 148 valence electrons. The number of halogens is 4. The SMILES string of the molecule is O=C(CNc1ccc(C(F)(F)F)cc1[N+](=O)[O-])OCC(=O)c1cccc(F)c1. The Bertz CT molecular complexity index is 915. The number of anilines is 1. The van der Waals surface area contributed by atoms with Gasteiger partial charge in [-0.05, 0) is 24.3 Å². The van der Waals surface area contributed by atoms with Gasteiger partial charge >= 0.3 is 12.1 Å². The molecule has 0 aliphatic carbocycles. The fourth-order valence-electron chi connectivity index (χ4n) is 2.12. The van der Waals surface area contributed by atoms with Crippen molar-refractivity contribution in [1.29, 1.82) is 0 Å². The Morgan fingerprint density at radius 1 is 1.14 bits per heavy atom. The second kappa shape index (κ2) is 8.46. The number of Topliss-reactive ketones (excluding diaryl/α,β-unsaturated/α-hetero) is 1. The minimum absolute atomic E-state index is 0.0147. The van der Waals surface area contributed by atoms with Crippen molar-refractivity contribution in [2.24, 2.45) is 0 Å². The first-order valence-corrected chi connectivity index (χ1v) is 7.62. The highest BCUT2D eigenvalue weighted by atomic mass is 19.4. The molecule has 0 heterocycles. The van der Waals surface area contributed by atoms with E-state index < -0.39 is 53.1 Å². The van der Waals surface area contributed by atoms with E-state index in [1.165, 1.54) is 12.1 Å². The minimum Gasteiger partial charge on any atom is -0.456 e. The highest BCUT2D eigenvalue weighted by Crippen LogP contribution is 2.34. The molecule has 0 radical (unpaired) electrons. The molecule has 0 saturated heterocycles. The largest absolute Gasteiger partial charge is 0.456 e. The first-order valence-electron chi connectivity index (χ1n) is 7.62. The molecule has 0 fully saturated rings. The van der Waals surface area contributed by atoms with Gasteiger partial charge in [0.2, 0.25) is 0 Å². The van der Waals surface area contributed by atoms with Gasteiger partial charge in [-0.3, -0.25) is 19.7 Å². The summed E-state index contributed by atoms with van der Waals surface area (Å²) in [6.07, 6.45) is -4.76. The molecule has 0 aromatic heterocycles. The highest BCUT2D eigenvalue weighted by Gasteiger charge is 2.33. The van der Waals surface area contributed by atoms with Crippen LogP contribution in [0.4, 0.5) is 28.9 Å². The van der Waals surface area contributed by atoms with Crippen LogP contribution in [0.15, 0.2) is 42.5 Å². The zero-order valence-electron chi connectivity index (χ0n) is 14.0. The van der Waals surface area contributed by atoms with Gasteiger partial charge in [0.25, 0.3) is 5.69 Å². The number of carbonyl (C=O) groups is 2. The third-order valence-corrected chi connectivity index (χ3v) is 3.46. The van der Waals surface area contributed by atoms with Crippen LogP contribution in [-0.2, 0) is 15.7 Å². The maximum absolute atomic E-state index is 13.0. The van der Waals surface area contributed by atoms with Crippen molar-refractivity contribution in [2.75, 3.05) is 18.5 Å². The smallest absolute Gasteiger partial charge is 0.416 e. The quantitative estimate of drug-likeness (QED) is 0.251. The number of alkyl halides is 3. The number of esters is 1. The van der Waals surface area contributed by atoms with E-state index in [4.69, 9.17) is 0 Å². The van der Waals surface area contributed by atoms with Gasteiger partial charge in [-0.15, -0.1) is 0 Å². The predicted octanol–water partition coefficient (Wildman–Crippen LogP) is 3.59. The lowest BCUT2D eigenvalue weighted by Crippen LogP contribution is -2.21. The van der Waals surface area contributed by atoms with Crippen LogP contribution in [0.25, 0.3) is 0 Å². The van der Waals surface area contributed by atoms with E-state index in [-0.39, 0.29) is 11.3 Å². The van der Waals surface area contributed by atoms with Crippen LogP contribution in [0.2, 0.25) is 0 Å². The molecule has 28 heavy (non-hydrogen) atoms. The van der Waals surface area contributed by atoms with Crippen molar-refractivity contribution < 1.29 is 36.8 Å². The van der Waals surface area contributed by atoms with Crippen LogP contribution in [0.5, 0.6) is 0 Å². The Morgan fingerprint density at radius 2 is 1.86 bits per heavy atom. The van der Waals surface area contributed by atoms with Gasteiger partial charge in [-0.2, -0.15) is 13.2 Å². The number of hydrogen-bond acceptors (Lipinski definition) is 6. The summed E-state index contributed by atoms with van der Waals surface area (Å²) >= 11 is 0. The Morgan fingerprint density at radius 3 is 2.46 bits per heavy atom. The Hall–Kier alpha value is -3.50. The van der Waals surface area contributed by atoms with Crippen LogP contribution < -0.4 is 5.32 Å². The molecule has 0 aliphatic rings. The normalized spacial score (nSPS) is 11.0. The number of nitro benzene ring substituents is 1. The monoisotopic (exact) mass is 400 g/mol. The summed E-state index contributed by atoms with van der Waals surface area (Å²) in [5.74, 6) is -2.30. The van der Waals surface area contributed by atoms with E-state index in [2.05, 4.69) is 10.1 Å². The second-order valence-electron chi connectivity index (χ2n) is 5.43. The molecule has 0 unspecified atom stereocenters. The molecule has 0 amide bonds. The number of nitrogens with zero attached hydrogens (tertiary/aromatic N) is 1. The van der Waals surface area contributed by atoms with E-state index in [9.17, 15) is 37.3 Å². The van der Waals surface area contributed by atoms with E-state index in [0.29, 0.717) is 12.1 Å². The predicted molar refractivity (Wildman–Crippen MR) is 88.3 cm³/mol. The maximum atomic E-state index is 13.0. The summed E-state index contributed by atoms with van der Waals surface area (Å²) in [6.45, 7) is -1.33. The molecule has 2 aromatic carbocycles. The lowest BCUT2D eigenvalue weighted by molar-refractivity contribution is -0.384. The number of hydrogen-bond donors (Lipinski definition) is 1. The van der Waals surface area contributed by atoms with Gasteiger partial charge < -0.3 is 10.1 Å². The third-order valence-electron chi connectivity index (χ3n) is 3.46. The van der Waals surface area contributed by atoms with Gasteiger partial charge in [-0.1, -0.05) is 12.1 Å². The summed E-state index contributed by atoms with van der Waals surface area (Å²) in [7, 11) is 0. The molecule has 2 aromatic rings. The molecule has 11 heteroatoms. The molecule has 2 rings (SSSR count). The molecular weight excluding hydrogens is 388 g/mol. The maximum Gasteiger partial charge on any atom is 0.416 e. The van der Waals surface area contributed by atoms with Gasteiger partial charge in [0.1, 0.15) is 18.0 Å².